The van der Waals surface area contributed by atoms with Gasteiger partial charge in [-0.1, -0.05) is 12.1 Å². The van der Waals surface area contributed by atoms with Crippen molar-refractivity contribution in [1.29, 1.82) is 0 Å². The van der Waals surface area contributed by atoms with E-state index in [1.807, 2.05) is 6.92 Å². The molecule has 0 radical (unpaired) electrons. The average molecular weight is 436 g/mol. The van der Waals surface area contributed by atoms with E-state index in [1.54, 1.807) is 14.2 Å². The fourth-order valence-electron chi connectivity index (χ4n) is 1.83. The van der Waals surface area contributed by atoms with E-state index in [1.165, 1.54) is 5.56 Å². The standard InChI is InChI=1S/C16H28N4O2.HI/c1-4-22-12-10-19-16(17-2)20-13-14-5-7-15(8-6-14)18-9-11-21-3;/h5-8,18H,4,9-13H2,1-3H3,(H2,17,19,20);1H. The zero-order valence-electron chi connectivity index (χ0n) is 14.2. The summed E-state index contributed by atoms with van der Waals surface area (Å²) in [7, 11) is 3.46. The number of rotatable bonds is 10. The number of halogens is 1. The highest BCUT2D eigenvalue weighted by atomic mass is 127. The molecule has 1 aromatic rings. The van der Waals surface area contributed by atoms with Gasteiger partial charge in [0.2, 0.25) is 0 Å². The number of hydrogen-bond donors (Lipinski definition) is 3. The molecule has 0 unspecified atom stereocenters. The molecule has 1 aromatic carbocycles. The Morgan fingerprint density at radius 1 is 1.09 bits per heavy atom. The molecular formula is C16H29IN4O2. The molecule has 0 aliphatic heterocycles. The van der Waals surface area contributed by atoms with Crippen molar-refractivity contribution >= 4 is 35.6 Å². The highest BCUT2D eigenvalue weighted by Gasteiger charge is 1.98. The van der Waals surface area contributed by atoms with Gasteiger partial charge in [-0.2, -0.15) is 0 Å². The first-order valence-electron chi connectivity index (χ1n) is 7.64. The molecule has 0 saturated carbocycles. The molecule has 0 fully saturated rings. The van der Waals surface area contributed by atoms with Crippen molar-refractivity contribution in [2.24, 2.45) is 4.99 Å². The summed E-state index contributed by atoms with van der Waals surface area (Å²) in [6, 6.07) is 8.32. The molecule has 0 aliphatic carbocycles. The van der Waals surface area contributed by atoms with Crippen LogP contribution in [-0.4, -0.2) is 53.0 Å². The van der Waals surface area contributed by atoms with Crippen LogP contribution in [0, 0.1) is 0 Å². The third-order valence-corrected chi connectivity index (χ3v) is 3.02. The highest BCUT2D eigenvalue weighted by Crippen LogP contribution is 2.08. The molecular weight excluding hydrogens is 407 g/mol. The predicted molar refractivity (Wildman–Crippen MR) is 107 cm³/mol. The van der Waals surface area contributed by atoms with Gasteiger partial charge in [0.05, 0.1) is 13.2 Å². The zero-order chi connectivity index (χ0) is 16.0. The monoisotopic (exact) mass is 436 g/mol. The van der Waals surface area contributed by atoms with Gasteiger partial charge in [-0.25, -0.2) is 0 Å². The number of nitrogens with one attached hydrogen (secondary N) is 3. The van der Waals surface area contributed by atoms with Crippen LogP contribution in [0.25, 0.3) is 0 Å². The number of anilines is 1. The molecule has 0 bridgehead atoms. The molecule has 3 N–H and O–H groups in total. The third-order valence-electron chi connectivity index (χ3n) is 3.02. The van der Waals surface area contributed by atoms with Crippen LogP contribution in [0.3, 0.4) is 0 Å². The number of aliphatic imine (C=N–C) groups is 1. The van der Waals surface area contributed by atoms with Crippen LogP contribution in [0.5, 0.6) is 0 Å². The van der Waals surface area contributed by atoms with Crippen molar-refractivity contribution in [3.63, 3.8) is 0 Å². The Morgan fingerprint density at radius 3 is 2.43 bits per heavy atom. The van der Waals surface area contributed by atoms with Crippen molar-refractivity contribution in [3.8, 4) is 0 Å². The third kappa shape index (κ3) is 10.4. The molecule has 0 amide bonds. The topological polar surface area (TPSA) is 66.9 Å². The number of nitrogens with zero attached hydrogens (tertiary/aromatic N) is 1. The van der Waals surface area contributed by atoms with E-state index < -0.39 is 0 Å². The lowest BCUT2D eigenvalue weighted by atomic mass is 10.2. The molecule has 0 atom stereocenters. The summed E-state index contributed by atoms with van der Waals surface area (Å²) in [5, 5.41) is 9.78. The molecule has 0 spiro atoms. The maximum Gasteiger partial charge on any atom is 0.191 e. The van der Waals surface area contributed by atoms with Gasteiger partial charge >= 0.3 is 0 Å². The minimum atomic E-state index is 0. The smallest absolute Gasteiger partial charge is 0.191 e. The maximum atomic E-state index is 5.28. The molecule has 23 heavy (non-hydrogen) atoms. The molecule has 6 nitrogen and oxygen atoms in total. The second-order valence-corrected chi connectivity index (χ2v) is 4.67. The quantitative estimate of drug-likeness (QED) is 0.227. The minimum Gasteiger partial charge on any atom is -0.383 e. The van der Waals surface area contributed by atoms with Crippen molar-refractivity contribution in [3.05, 3.63) is 29.8 Å². The van der Waals surface area contributed by atoms with Crippen LogP contribution >= 0.6 is 24.0 Å². The van der Waals surface area contributed by atoms with Crippen LogP contribution < -0.4 is 16.0 Å². The van der Waals surface area contributed by atoms with Crippen LogP contribution in [-0.2, 0) is 16.0 Å². The number of benzene rings is 1. The fourth-order valence-corrected chi connectivity index (χ4v) is 1.83. The van der Waals surface area contributed by atoms with Gasteiger partial charge < -0.3 is 25.4 Å². The lowest BCUT2D eigenvalue weighted by Crippen LogP contribution is -2.38. The molecule has 0 saturated heterocycles. The van der Waals surface area contributed by atoms with E-state index in [0.29, 0.717) is 13.2 Å². The van der Waals surface area contributed by atoms with Gasteiger partial charge in [0.25, 0.3) is 0 Å². The largest absolute Gasteiger partial charge is 0.383 e. The minimum absolute atomic E-state index is 0. The molecule has 0 aliphatic rings. The summed E-state index contributed by atoms with van der Waals surface area (Å²) in [6.07, 6.45) is 0. The van der Waals surface area contributed by atoms with E-state index >= 15 is 0 Å². The lowest BCUT2D eigenvalue weighted by molar-refractivity contribution is 0.152. The van der Waals surface area contributed by atoms with Gasteiger partial charge in [-0.05, 0) is 24.6 Å². The highest BCUT2D eigenvalue weighted by molar-refractivity contribution is 14.0. The Bertz CT molecular complexity index is 427. The number of guanidine groups is 1. The number of methoxy groups -OCH3 is 1. The van der Waals surface area contributed by atoms with Gasteiger partial charge in [0, 0.05) is 46.1 Å². The first-order valence-corrected chi connectivity index (χ1v) is 7.64. The predicted octanol–water partition coefficient (Wildman–Crippen LogP) is 2.06. The Kier molecular flexibility index (Phi) is 13.9. The average Bonchev–Trinajstić information content (AvgIpc) is 2.56. The Balaban J connectivity index is 0.00000484. The fraction of sp³-hybridized carbons (Fsp3) is 0.562. The second-order valence-electron chi connectivity index (χ2n) is 4.67. The van der Waals surface area contributed by atoms with Crippen LogP contribution in [0.1, 0.15) is 12.5 Å². The second kappa shape index (κ2) is 14.5. The van der Waals surface area contributed by atoms with Crippen LogP contribution in [0.2, 0.25) is 0 Å². The Labute approximate surface area is 156 Å². The van der Waals surface area contributed by atoms with Crippen molar-refractivity contribution in [1.82, 2.24) is 10.6 Å². The number of ether oxygens (including phenoxy) is 2. The molecule has 7 heteroatoms. The first kappa shape index (κ1) is 21.9. The summed E-state index contributed by atoms with van der Waals surface area (Å²) >= 11 is 0. The first-order chi connectivity index (χ1) is 10.8. The normalized spacial score (nSPS) is 10.8. The van der Waals surface area contributed by atoms with Crippen molar-refractivity contribution < 1.29 is 9.47 Å². The van der Waals surface area contributed by atoms with Crippen molar-refractivity contribution in [2.45, 2.75) is 13.5 Å². The van der Waals surface area contributed by atoms with E-state index in [-0.39, 0.29) is 24.0 Å². The van der Waals surface area contributed by atoms with Gasteiger partial charge in [-0.3, -0.25) is 4.99 Å². The van der Waals surface area contributed by atoms with E-state index in [0.717, 1.165) is 37.9 Å². The van der Waals surface area contributed by atoms with Gasteiger partial charge in [0.1, 0.15) is 0 Å². The summed E-state index contributed by atoms with van der Waals surface area (Å²) in [6.45, 7) is 6.39. The summed E-state index contributed by atoms with van der Waals surface area (Å²) in [5.74, 6) is 0.780. The van der Waals surface area contributed by atoms with E-state index in [4.69, 9.17) is 9.47 Å². The summed E-state index contributed by atoms with van der Waals surface area (Å²) in [4.78, 5) is 4.18. The Hall–Kier alpha value is -1.06. The summed E-state index contributed by atoms with van der Waals surface area (Å²) < 4.78 is 10.3. The van der Waals surface area contributed by atoms with Crippen LogP contribution in [0.4, 0.5) is 5.69 Å². The van der Waals surface area contributed by atoms with Gasteiger partial charge in [0.15, 0.2) is 5.96 Å². The zero-order valence-corrected chi connectivity index (χ0v) is 16.6. The summed E-state index contributed by atoms with van der Waals surface area (Å²) in [5.41, 5.74) is 2.30. The van der Waals surface area contributed by atoms with Gasteiger partial charge in [-0.15, -0.1) is 24.0 Å². The SMILES string of the molecule is CCOCCNC(=NC)NCc1ccc(NCCOC)cc1.I. The van der Waals surface area contributed by atoms with E-state index in [2.05, 4.69) is 45.2 Å². The van der Waals surface area contributed by atoms with Crippen molar-refractivity contribution in [2.75, 3.05) is 52.4 Å². The lowest BCUT2D eigenvalue weighted by Gasteiger charge is -2.12. The molecule has 0 heterocycles. The van der Waals surface area contributed by atoms with Crippen LogP contribution in [0.15, 0.2) is 29.3 Å². The Morgan fingerprint density at radius 2 is 1.83 bits per heavy atom. The molecule has 1 rings (SSSR count). The molecule has 132 valence electrons. The van der Waals surface area contributed by atoms with E-state index in [9.17, 15) is 0 Å². The number of hydrogen-bond acceptors (Lipinski definition) is 4. The molecule has 0 aromatic heterocycles. The maximum absolute atomic E-state index is 5.28.